The van der Waals surface area contributed by atoms with Gasteiger partial charge in [0, 0.05) is 13.1 Å². The molecule has 0 bridgehead atoms. The molecular weight excluding hydrogens is 264 g/mol. The molecule has 0 spiro atoms. The third-order valence-corrected chi connectivity index (χ3v) is 5.20. The van der Waals surface area contributed by atoms with Crippen LogP contribution in [-0.4, -0.2) is 51.9 Å². The number of nitrogens with two attached hydrogens (primary N) is 1. The van der Waals surface area contributed by atoms with Crippen molar-refractivity contribution < 1.29 is 13.2 Å². The summed E-state index contributed by atoms with van der Waals surface area (Å²) in [5.41, 5.74) is 6.99. The van der Waals surface area contributed by atoms with Gasteiger partial charge in [-0.1, -0.05) is 12.1 Å². The average molecular weight is 284 g/mol. The first-order valence-corrected chi connectivity index (χ1v) is 7.93. The van der Waals surface area contributed by atoms with Crippen LogP contribution in [0.2, 0.25) is 0 Å². The molecular formula is C13H20N2O3S. The lowest BCUT2D eigenvalue weighted by molar-refractivity contribution is -0.00680. The van der Waals surface area contributed by atoms with Crippen molar-refractivity contribution >= 4 is 15.5 Å². The number of likely N-dealkylation sites (N-methyl/N-ethyl adjacent to an activating group) is 1. The minimum Gasteiger partial charge on any atom is -0.397 e. The van der Waals surface area contributed by atoms with Gasteiger partial charge >= 0.3 is 0 Å². The van der Waals surface area contributed by atoms with E-state index in [1.54, 1.807) is 25.1 Å². The molecule has 2 N–H and O–H groups in total. The molecule has 1 unspecified atom stereocenters. The molecule has 6 heteroatoms. The van der Waals surface area contributed by atoms with Crippen LogP contribution in [0.25, 0.3) is 0 Å². The average Bonchev–Trinajstić information content (AvgIpc) is 2.32. The molecule has 1 fully saturated rings. The molecule has 0 aromatic heterocycles. The lowest BCUT2D eigenvalue weighted by atomic mass is 10.2. The van der Waals surface area contributed by atoms with Crippen molar-refractivity contribution in [1.82, 2.24) is 4.90 Å². The molecule has 1 aromatic rings. The molecule has 0 amide bonds. The monoisotopic (exact) mass is 284 g/mol. The van der Waals surface area contributed by atoms with Crippen molar-refractivity contribution in [2.75, 3.05) is 38.2 Å². The van der Waals surface area contributed by atoms with E-state index in [0.717, 1.165) is 12.1 Å². The lowest BCUT2D eigenvalue weighted by Gasteiger charge is -2.29. The number of nitrogens with zero attached hydrogens (tertiary/aromatic N) is 1. The quantitative estimate of drug-likeness (QED) is 0.826. The first kappa shape index (κ1) is 14.3. The maximum Gasteiger partial charge on any atom is 0.183 e. The minimum atomic E-state index is -3.41. The molecule has 2 rings (SSSR count). The van der Waals surface area contributed by atoms with Gasteiger partial charge in [0.25, 0.3) is 0 Å². The van der Waals surface area contributed by atoms with Gasteiger partial charge in [0.1, 0.15) is 0 Å². The molecule has 0 saturated carbocycles. The third kappa shape index (κ3) is 3.26. The SMILES string of the molecule is Cc1cccc(S(=O)(=O)CC2CN(C)CCO2)c1N. The number of ether oxygens (including phenoxy) is 1. The molecule has 1 aliphatic rings. The van der Waals surface area contributed by atoms with Crippen molar-refractivity contribution in [2.24, 2.45) is 0 Å². The number of rotatable bonds is 3. The predicted octanol–water partition coefficient (Wildman–Crippen LogP) is 0.682. The maximum absolute atomic E-state index is 12.4. The molecule has 106 valence electrons. The number of hydrogen-bond donors (Lipinski definition) is 1. The van der Waals surface area contributed by atoms with E-state index in [-0.39, 0.29) is 16.8 Å². The lowest BCUT2D eigenvalue weighted by Crippen LogP contribution is -2.43. The number of sulfone groups is 1. The molecule has 1 aromatic carbocycles. The summed E-state index contributed by atoms with van der Waals surface area (Å²) >= 11 is 0. The van der Waals surface area contributed by atoms with E-state index in [1.807, 2.05) is 7.05 Å². The smallest absolute Gasteiger partial charge is 0.183 e. The Morgan fingerprint density at radius 2 is 2.21 bits per heavy atom. The predicted molar refractivity (Wildman–Crippen MR) is 74.9 cm³/mol. The highest BCUT2D eigenvalue weighted by Crippen LogP contribution is 2.24. The second kappa shape index (κ2) is 5.48. The van der Waals surface area contributed by atoms with Crippen LogP contribution in [0.1, 0.15) is 5.56 Å². The standard InChI is InChI=1S/C13H20N2O3S/c1-10-4-3-5-12(13(10)14)19(16,17)9-11-8-15(2)6-7-18-11/h3-5,11H,6-9,14H2,1-2H3. The molecule has 1 heterocycles. The van der Waals surface area contributed by atoms with Gasteiger partial charge in [-0.05, 0) is 25.6 Å². The minimum absolute atomic E-state index is 0.0228. The van der Waals surface area contributed by atoms with Crippen LogP contribution in [0, 0.1) is 6.92 Å². The topological polar surface area (TPSA) is 72.6 Å². The number of aryl methyl sites for hydroxylation is 1. The molecule has 0 radical (unpaired) electrons. The number of hydrogen-bond acceptors (Lipinski definition) is 5. The van der Waals surface area contributed by atoms with Crippen molar-refractivity contribution in [3.8, 4) is 0 Å². The second-order valence-electron chi connectivity index (χ2n) is 5.02. The van der Waals surface area contributed by atoms with Gasteiger partial charge in [0.15, 0.2) is 9.84 Å². The first-order valence-electron chi connectivity index (χ1n) is 6.28. The largest absolute Gasteiger partial charge is 0.397 e. The molecule has 19 heavy (non-hydrogen) atoms. The Balaban J connectivity index is 2.20. The van der Waals surface area contributed by atoms with E-state index in [0.29, 0.717) is 18.8 Å². The Kier molecular flexibility index (Phi) is 4.13. The van der Waals surface area contributed by atoms with Crippen molar-refractivity contribution in [3.63, 3.8) is 0 Å². The highest BCUT2D eigenvalue weighted by Gasteiger charge is 2.27. The van der Waals surface area contributed by atoms with E-state index in [2.05, 4.69) is 4.90 Å². The fourth-order valence-corrected chi connectivity index (χ4v) is 3.88. The molecule has 1 atom stereocenters. The van der Waals surface area contributed by atoms with Crippen molar-refractivity contribution in [1.29, 1.82) is 0 Å². The Labute approximate surface area is 114 Å². The van der Waals surface area contributed by atoms with Crippen LogP contribution >= 0.6 is 0 Å². The van der Waals surface area contributed by atoms with Gasteiger partial charge in [-0.25, -0.2) is 8.42 Å². The van der Waals surface area contributed by atoms with Crippen molar-refractivity contribution in [3.05, 3.63) is 23.8 Å². The first-order chi connectivity index (χ1) is 8.90. The van der Waals surface area contributed by atoms with E-state index in [9.17, 15) is 8.42 Å². The number of nitrogen functional groups attached to an aromatic ring is 1. The van der Waals surface area contributed by atoms with Crippen LogP contribution < -0.4 is 5.73 Å². The number of anilines is 1. The van der Waals surface area contributed by atoms with Crippen LogP contribution in [0.4, 0.5) is 5.69 Å². The van der Waals surface area contributed by atoms with E-state index in [1.165, 1.54) is 0 Å². The maximum atomic E-state index is 12.4. The van der Waals surface area contributed by atoms with Gasteiger partial charge in [0.05, 0.1) is 29.0 Å². The van der Waals surface area contributed by atoms with Crippen molar-refractivity contribution in [2.45, 2.75) is 17.9 Å². The fourth-order valence-electron chi connectivity index (χ4n) is 2.23. The Hall–Kier alpha value is -1.11. The van der Waals surface area contributed by atoms with Gasteiger partial charge in [-0.2, -0.15) is 0 Å². The Morgan fingerprint density at radius 3 is 2.89 bits per heavy atom. The zero-order valence-corrected chi connectivity index (χ0v) is 12.1. The van der Waals surface area contributed by atoms with E-state index >= 15 is 0 Å². The van der Waals surface area contributed by atoms with Crippen LogP contribution in [0.3, 0.4) is 0 Å². The summed E-state index contributed by atoms with van der Waals surface area (Å²) in [6.45, 7) is 3.84. The van der Waals surface area contributed by atoms with Gasteiger partial charge in [0.2, 0.25) is 0 Å². The highest BCUT2D eigenvalue weighted by molar-refractivity contribution is 7.91. The van der Waals surface area contributed by atoms with Crippen LogP contribution in [0.5, 0.6) is 0 Å². The summed E-state index contributed by atoms with van der Waals surface area (Å²) < 4.78 is 30.3. The van der Waals surface area contributed by atoms with Gasteiger partial charge in [-0.15, -0.1) is 0 Å². The summed E-state index contributed by atoms with van der Waals surface area (Å²) in [6.07, 6.45) is -0.288. The number of morpholine rings is 1. The molecule has 0 aliphatic carbocycles. The molecule has 1 aliphatic heterocycles. The van der Waals surface area contributed by atoms with Crippen LogP contribution in [0.15, 0.2) is 23.1 Å². The summed E-state index contributed by atoms with van der Waals surface area (Å²) in [4.78, 5) is 2.29. The highest BCUT2D eigenvalue weighted by atomic mass is 32.2. The second-order valence-corrected chi connectivity index (χ2v) is 7.03. The molecule has 1 saturated heterocycles. The van der Waals surface area contributed by atoms with E-state index in [4.69, 9.17) is 10.5 Å². The Bertz CT molecular complexity index is 557. The summed E-state index contributed by atoms with van der Waals surface area (Å²) in [5.74, 6) is -0.0228. The Morgan fingerprint density at radius 1 is 1.47 bits per heavy atom. The van der Waals surface area contributed by atoms with Gasteiger partial charge < -0.3 is 15.4 Å². The summed E-state index contributed by atoms with van der Waals surface area (Å²) in [5, 5.41) is 0. The third-order valence-electron chi connectivity index (χ3n) is 3.37. The summed E-state index contributed by atoms with van der Waals surface area (Å²) in [7, 11) is -1.45. The molecule has 5 nitrogen and oxygen atoms in total. The number of para-hydroxylation sites is 1. The number of benzene rings is 1. The van der Waals surface area contributed by atoms with Crippen LogP contribution in [-0.2, 0) is 14.6 Å². The summed E-state index contributed by atoms with van der Waals surface area (Å²) in [6, 6.07) is 5.08. The fraction of sp³-hybridized carbons (Fsp3) is 0.538. The zero-order chi connectivity index (χ0) is 14.0. The van der Waals surface area contributed by atoms with E-state index < -0.39 is 9.84 Å². The normalized spacial score (nSPS) is 21.5. The van der Waals surface area contributed by atoms with Gasteiger partial charge in [-0.3, -0.25) is 0 Å². The zero-order valence-electron chi connectivity index (χ0n) is 11.3.